The van der Waals surface area contributed by atoms with E-state index in [2.05, 4.69) is 27.5 Å². The lowest BCUT2D eigenvalue weighted by atomic mass is 10.1. The lowest BCUT2D eigenvalue weighted by Crippen LogP contribution is -2.30. The summed E-state index contributed by atoms with van der Waals surface area (Å²) in [5.74, 6) is 0.408. The molecule has 2 aromatic heterocycles. The highest BCUT2D eigenvalue weighted by Crippen LogP contribution is 2.31. The number of rotatable bonds is 7. The first-order valence-corrected chi connectivity index (χ1v) is 10.9. The van der Waals surface area contributed by atoms with Crippen LogP contribution in [0.1, 0.15) is 40.7 Å². The summed E-state index contributed by atoms with van der Waals surface area (Å²) in [5.41, 5.74) is 4.77. The molecule has 0 radical (unpaired) electrons. The molecule has 0 saturated carbocycles. The van der Waals surface area contributed by atoms with Crippen LogP contribution in [0, 0.1) is 6.92 Å². The zero-order valence-electron chi connectivity index (χ0n) is 18.4. The van der Waals surface area contributed by atoms with Crippen molar-refractivity contribution in [3.05, 3.63) is 77.2 Å². The number of carbonyl (C=O) groups is 2. The summed E-state index contributed by atoms with van der Waals surface area (Å²) < 4.78 is 0. The molecular weight excluding hydrogens is 402 g/mol. The van der Waals surface area contributed by atoms with Gasteiger partial charge >= 0.3 is 0 Å². The second-order valence-electron chi connectivity index (χ2n) is 7.87. The van der Waals surface area contributed by atoms with Crippen LogP contribution < -0.4 is 15.5 Å². The first-order valence-electron chi connectivity index (χ1n) is 10.9. The molecule has 164 valence electrons. The molecule has 0 atom stereocenters. The standard InChI is InChI=1S/C25H27N5O2/c1-3-12-27-24-21(9-7-17(2)28-24)25(32)29-20-8-10-22-18(15-20)11-14-30(22)23(31)16-19-6-4-5-13-26-19/h4-10,13,15H,3,11-12,14,16H2,1-2H3,(H,27,28)(H,29,32). The predicted molar refractivity (Wildman–Crippen MR) is 126 cm³/mol. The summed E-state index contributed by atoms with van der Waals surface area (Å²) in [6.45, 7) is 5.35. The van der Waals surface area contributed by atoms with Gasteiger partial charge in [0.05, 0.1) is 12.0 Å². The quantitative estimate of drug-likeness (QED) is 0.593. The number of aryl methyl sites for hydroxylation is 1. The number of aromatic nitrogens is 2. The Hall–Kier alpha value is -3.74. The molecule has 3 aromatic rings. The summed E-state index contributed by atoms with van der Waals surface area (Å²) in [7, 11) is 0. The van der Waals surface area contributed by atoms with Gasteiger partial charge in [-0.05, 0) is 67.8 Å². The minimum absolute atomic E-state index is 0.0246. The van der Waals surface area contributed by atoms with Crippen molar-refractivity contribution in [2.24, 2.45) is 0 Å². The van der Waals surface area contributed by atoms with Crippen LogP contribution in [0.25, 0.3) is 0 Å². The van der Waals surface area contributed by atoms with Crippen LogP contribution >= 0.6 is 0 Å². The molecule has 0 spiro atoms. The highest BCUT2D eigenvalue weighted by molar-refractivity contribution is 6.07. The Bertz CT molecular complexity index is 1130. The number of anilines is 3. The van der Waals surface area contributed by atoms with Gasteiger partial charge in [-0.15, -0.1) is 0 Å². The average Bonchev–Trinajstić information content (AvgIpc) is 3.21. The van der Waals surface area contributed by atoms with Gasteiger partial charge in [-0.3, -0.25) is 14.6 Å². The van der Waals surface area contributed by atoms with Gasteiger partial charge in [0.1, 0.15) is 5.82 Å². The van der Waals surface area contributed by atoms with Crippen molar-refractivity contribution < 1.29 is 9.59 Å². The highest BCUT2D eigenvalue weighted by Gasteiger charge is 2.25. The van der Waals surface area contributed by atoms with Crippen LogP contribution in [0.5, 0.6) is 0 Å². The summed E-state index contributed by atoms with van der Waals surface area (Å²) >= 11 is 0. The van der Waals surface area contributed by atoms with Crippen molar-refractivity contribution in [1.29, 1.82) is 0 Å². The molecule has 2 amide bonds. The Morgan fingerprint density at radius 1 is 1.12 bits per heavy atom. The van der Waals surface area contributed by atoms with E-state index in [1.807, 2.05) is 49.4 Å². The summed E-state index contributed by atoms with van der Waals surface area (Å²) in [6.07, 6.45) is 3.66. The van der Waals surface area contributed by atoms with E-state index in [9.17, 15) is 9.59 Å². The molecule has 0 aliphatic carbocycles. The smallest absolute Gasteiger partial charge is 0.259 e. The van der Waals surface area contributed by atoms with Gasteiger partial charge in [-0.1, -0.05) is 13.0 Å². The first kappa shape index (κ1) is 21.5. The molecule has 7 heteroatoms. The number of nitrogens with zero attached hydrogens (tertiary/aromatic N) is 3. The van der Waals surface area contributed by atoms with Crippen LogP contribution in [-0.4, -0.2) is 34.9 Å². The third-order valence-corrected chi connectivity index (χ3v) is 5.41. The van der Waals surface area contributed by atoms with Gasteiger partial charge < -0.3 is 15.5 Å². The van der Waals surface area contributed by atoms with E-state index in [0.29, 0.717) is 23.6 Å². The van der Waals surface area contributed by atoms with Crippen molar-refractivity contribution >= 4 is 29.0 Å². The zero-order chi connectivity index (χ0) is 22.5. The first-order chi connectivity index (χ1) is 15.5. The van der Waals surface area contributed by atoms with Crippen LogP contribution in [0.4, 0.5) is 17.2 Å². The van der Waals surface area contributed by atoms with Gasteiger partial charge in [0.15, 0.2) is 0 Å². The Morgan fingerprint density at radius 3 is 2.78 bits per heavy atom. The van der Waals surface area contributed by atoms with E-state index in [1.54, 1.807) is 17.2 Å². The molecule has 1 aliphatic rings. The van der Waals surface area contributed by atoms with Gasteiger partial charge in [0.2, 0.25) is 5.91 Å². The van der Waals surface area contributed by atoms with Crippen LogP contribution in [0.15, 0.2) is 54.7 Å². The monoisotopic (exact) mass is 429 g/mol. The number of pyridine rings is 2. The Morgan fingerprint density at radius 2 is 2.00 bits per heavy atom. The minimum Gasteiger partial charge on any atom is -0.369 e. The number of carbonyl (C=O) groups excluding carboxylic acids is 2. The Balaban J connectivity index is 1.47. The van der Waals surface area contributed by atoms with Crippen molar-refractivity contribution in [2.75, 3.05) is 28.6 Å². The maximum atomic E-state index is 12.9. The number of hydrogen-bond acceptors (Lipinski definition) is 5. The van der Waals surface area contributed by atoms with Crippen LogP contribution in [0.2, 0.25) is 0 Å². The van der Waals surface area contributed by atoms with Crippen molar-refractivity contribution in [3.63, 3.8) is 0 Å². The molecule has 1 aromatic carbocycles. The number of nitrogens with one attached hydrogen (secondary N) is 2. The lowest BCUT2D eigenvalue weighted by molar-refractivity contribution is -0.117. The molecule has 4 rings (SSSR count). The van der Waals surface area contributed by atoms with Gasteiger partial charge in [0.25, 0.3) is 5.91 Å². The molecule has 0 unspecified atom stereocenters. The van der Waals surface area contributed by atoms with E-state index in [0.717, 1.165) is 42.0 Å². The maximum Gasteiger partial charge on any atom is 0.259 e. The SMILES string of the molecule is CCCNc1nc(C)ccc1C(=O)Nc1ccc2c(c1)CCN2C(=O)Cc1ccccn1. The van der Waals surface area contributed by atoms with Crippen molar-refractivity contribution in [3.8, 4) is 0 Å². The van der Waals surface area contributed by atoms with Crippen LogP contribution in [-0.2, 0) is 17.6 Å². The normalized spacial score (nSPS) is 12.4. The number of benzene rings is 1. The zero-order valence-corrected chi connectivity index (χ0v) is 18.4. The third kappa shape index (κ3) is 4.77. The van der Waals surface area contributed by atoms with Crippen LogP contribution in [0.3, 0.4) is 0 Å². The predicted octanol–water partition coefficient (Wildman–Crippen LogP) is 3.99. The third-order valence-electron chi connectivity index (χ3n) is 5.41. The number of hydrogen-bond donors (Lipinski definition) is 2. The summed E-state index contributed by atoms with van der Waals surface area (Å²) in [4.78, 5) is 36.2. The molecule has 0 bridgehead atoms. The minimum atomic E-state index is -0.211. The summed E-state index contributed by atoms with van der Waals surface area (Å²) in [6, 6.07) is 14.9. The van der Waals surface area contributed by atoms with Crippen molar-refractivity contribution in [2.45, 2.75) is 33.1 Å². The molecule has 0 saturated heterocycles. The fourth-order valence-corrected chi connectivity index (χ4v) is 3.81. The van der Waals surface area contributed by atoms with E-state index < -0.39 is 0 Å². The summed E-state index contributed by atoms with van der Waals surface area (Å²) in [5, 5.41) is 6.20. The molecule has 0 fully saturated rings. The number of amides is 2. The van der Waals surface area contributed by atoms with E-state index in [1.165, 1.54) is 0 Å². The topological polar surface area (TPSA) is 87.2 Å². The Kier molecular flexibility index (Phi) is 6.44. The van der Waals surface area contributed by atoms with Gasteiger partial charge in [-0.2, -0.15) is 0 Å². The average molecular weight is 430 g/mol. The second-order valence-corrected chi connectivity index (χ2v) is 7.87. The second kappa shape index (κ2) is 9.60. The molecular formula is C25H27N5O2. The van der Waals surface area contributed by atoms with Gasteiger partial charge in [-0.25, -0.2) is 4.98 Å². The number of fused-ring (bicyclic) bond motifs is 1. The fraction of sp³-hybridized carbons (Fsp3) is 0.280. The van der Waals surface area contributed by atoms with Gasteiger partial charge in [0, 0.05) is 42.0 Å². The molecule has 32 heavy (non-hydrogen) atoms. The van der Waals surface area contributed by atoms with E-state index in [-0.39, 0.29) is 18.2 Å². The fourth-order valence-electron chi connectivity index (χ4n) is 3.81. The largest absolute Gasteiger partial charge is 0.369 e. The maximum absolute atomic E-state index is 12.9. The van der Waals surface area contributed by atoms with E-state index >= 15 is 0 Å². The molecule has 7 nitrogen and oxygen atoms in total. The highest BCUT2D eigenvalue weighted by atomic mass is 16.2. The molecule has 3 heterocycles. The lowest BCUT2D eigenvalue weighted by Gasteiger charge is -2.17. The van der Waals surface area contributed by atoms with E-state index in [4.69, 9.17) is 0 Å². The Labute approximate surface area is 187 Å². The molecule has 1 aliphatic heterocycles. The molecule has 2 N–H and O–H groups in total. The van der Waals surface area contributed by atoms with Crippen molar-refractivity contribution in [1.82, 2.24) is 9.97 Å².